The number of benzene rings is 5. The fraction of sp³-hybridized carbons (Fsp3) is 0.114. The number of nitrogens with two attached hydrogens (primary N) is 1. The number of rotatable bonds is 9. The van der Waals surface area contributed by atoms with E-state index in [4.69, 9.17) is 10.8 Å². The molecule has 0 aliphatic rings. The molecule has 4 nitrogen and oxygen atoms in total. The first-order valence-corrected chi connectivity index (χ1v) is 13.5. The van der Waals surface area contributed by atoms with Crippen LogP contribution < -0.4 is 11.1 Å². The van der Waals surface area contributed by atoms with E-state index in [-0.39, 0.29) is 5.82 Å². The first-order chi connectivity index (χ1) is 19.7. The third-order valence-electron chi connectivity index (χ3n) is 7.53. The number of halogens is 1. The van der Waals surface area contributed by atoms with Crippen LogP contribution in [0.3, 0.4) is 0 Å². The Kier molecular flexibility index (Phi) is 7.13. The number of nitrogens with zero attached hydrogens (tertiary/aromatic N) is 2. The van der Waals surface area contributed by atoms with E-state index in [1.54, 1.807) is 12.1 Å². The Balaban J connectivity index is 1.40. The monoisotopic (exact) mass is 526 g/mol. The van der Waals surface area contributed by atoms with E-state index in [1.165, 1.54) is 12.1 Å². The minimum absolute atomic E-state index is 0.221. The molecular formula is C35H31FN4. The first-order valence-electron chi connectivity index (χ1n) is 13.5. The standard InChI is InChI=1S/C35H31FN4/c36-32-18-16-26(17-19-32)24-38-21-20-27-22-28-25-39-40(34(28)23-33(27)37)35(29-10-4-1-5-11-29,30-12-6-2-7-13-30)31-14-8-3-9-15-31/h1-19,22-23,25,38H,20-21,24,37H2. The molecule has 1 aromatic heterocycles. The van der Waals surface area contributed by atoms with Crippen molar-refractivity contribution in [3.63, 3.8) is 0 Å². The highest BCUT2D eigenvalue weighted by atomic mass is 19.1. The summed E-state index contributed by atoms with van der Waals surface area (Å²) in [4.78, 5) is 0. The van der Waals surface area contributed by atoms with Gasteiger partial charge in [0.15, 0.2) is 0 Å². The summed E-state index contributed by atoms with van der Waals surface area (Å²) < 4.78 is 15.3. The summed E-state index contributed by atoms with van der Waals surface area (Å²) in [6.07, 6.45) is 2.71. The molecule has 0 radical (unpaired) electrons. The van der Waals surface area contributed by atoms with Crippen LogP contribution in [0, 0.1) is 5.82 Å². The Bertz CT molecular complexity index is 1600. The molecule has 0 saturated carbocycles. The highest BCUT2D eigenvalue weighted by Crippen LogP contribution is 2.42. The second-order valence-corrected chi connectivity index (χ2v) is 10.0. The number of aromatic nitrogens is 2. The number of hydrogen-bond acceptors (Lipinski definition) is 3. The highest BCUT2D eigenvalue weighted by molar-refractivity contribution is 5.84. The van der Waals surface area contributed by atoms with E-state index >= 15 is 0 Å². The Morgan fingerprint density at radius 3 is 1.82 bits per heavy atom. The van der Waals surface area contributed by atoms with E-state index in [0.29, 0.717) is 6.54 Å². The topological polar surface area (TPSA) is 55.9 Å². The van der Waals surface area contributed by atoms with Crippen LogP contribution in [0.1, 0.15) is 27.8 Å². The average Bonchev–Trinajstić information content (AvgIpc) is 3.41. The van der Waals surface area contributed by atoms with Crippen LogP contribution in [0.4, 0.5) is 10.1 Å². The molecule has 0 aliphatic carbocycles. The van der Waals surface area contributed by atoms with Crippen LogP contribution in [-0.4, -0.2) is 16.3 Å². The molecule has 3 N–H and O–H groups in total. The Morgan fingerprint density at radius 2 is 1.27 bits per heavy atom. The van der Waals surface area contributed by atoms with Gasteiger partial charge in [-0.05, 0) is 65.0 Å². The maximum absolute atomic E-state index is 13.2. The van der Waals surface area contributed by atoms with Gasteiger partial charge in [0.25, 0.3) is 0 Å². The zero-order valence-electron chi connectivity index (χ0n) is 22.2. The summed E-state index contributed by atoms with van der Waals surface area (Å²) in [5, 5.41) is 9.51. The fourth-order valence-electron chi connectivity index (χ4n) is 5.58. The highest BCUT2D eigenvalue weighted by Gasteiger charge is 2.40. The van der Waals surface area contributed by atoms with Crippen LogP contribution in [-0.2, 0) is 18.5 Å². The third-order valence-corrected chi connectivity index (χ3v) is 7.53. The summed E-state index contributed by atoms with van der Waals surface area (Å²) in [7, 11) is 0. The second-order valence-electron chi connectivity index (χ2n) is 10.0. The number of fused-ring (bicyclic) bond motifs is 1. The van der Waals surface area contributed by atoms with Crippen LogP contribution in [0.5, 0.6) is 0 Å². The average molecular weight is 527 g/mol. The van der Waals surface area contributed by atoms with Gasteiger partial charge in [-0.25, -0.2) is 9.07 Å². The van der Waals surface area contributed by atoms with Crippen molar-refractivity contribution in [1.82, 2.24) is 15.1 Å². The van der Waals surface area contributed by atoms with Crippen molar-refractivity contribution in [2.24, 2.45) is 0 Å². The van der Waals surface area contributed by atoms with Gasteiger partial charge in [-0.15, -0.1) is 0 Å². The molecule has 0 amide bonds. The largest absolute Gasteiger partial charge is 0.398 e. The molecule has 1 heterocycles. The lowest BCUT2D eigenvalue weighted by atomic mass is 9.77. The minimum Gasteiger partial charge on any atom is -0.398 e. The molecule has 0 fully saturated rings. The van der Waals surface area contributed by atoms with E-state index in [0.717, 1.165) is 57.4 Å². The number of hydrogen-bond donors (Lipinski definition) is 2. The van der Waals surface area contributed by atoms with Crippen molar-refractivity contribution < 1.29 is 4.39 Å². The number of anilines is 1. The first kappa shape index (κ1) is 25.5. The van der Waals surface area contributed by atoms with Gasteiger partial charge in [-0.3, -0.25) is 0 Å². The molecular weight excluding hydrogens is 495 g/mol. The number of nitrogens with one attached hydrogen (secondary N) is 1. The van der Waals surface area contributed by atoms with Crippen LogP contribution >= 0.6 is 0 Å². The van der Waals surface area contributed by atoms with Gasteiger partial charge in [-0.2, -0.15) is 5.10 Å². The SMILES string of the molecule is Nc1cc2c(cnn2C(c2ccccc2)(c2ccccc2)c2ccccc2)cc1CCNCc1ccc(F)cc1. The van der Waals surface area contributed by atoms with Crippen molar-refractivity contribution in [3.05, 3.63) is 167 Å². The molecule has 0 unspecified atom stereocenters. The Labute approximate surface area is 233 Å². The molecule has 0 spiro atoms. The summed E-state index contributed by atoms with van der Waals surface area (Å²) in [5.74, 6) is -0.221. The molecule has 5 heteroatoms. The van der Waals surface area contributed by atoms with Gasteiger partial charge < -0.3 is 11.1 Å². The molecule has 5 aromatic carbocycles. The summed E-state index contributed by atoms with van der Waals surface area (Å²) in [5.41, 5.74) is 13.1. The van der Waals surface area contributed by atoms with Crippen LogP contribution in [0.15, 0.2) is 134 Å². The summed E-state index contributed by atoms with van der Waals surface area (Å²) in [6.45, 7) is 1.43. The molecule has 0 bridgehead atoms. The van der Waals surface area contributed by atoms with Crippen molar-refractivity contribution in [3.8, 4) is 0 Å². The zero-order valence-corrected chi connectivity index (χ0v) is 22.2. The van der Waals surface area contributed by atoms with E-state index in [9.17, 15) is 4.39 Å². The normalized spacial score (nSPS) is 11.6. The molecule has 6 aromatic rings. The number of nitrogen functional groups attached to an aromatic ring is 1. The van der Waals surface area contributed by atoms with E-state index in [2.05, 4.69) is 94.9 Å². The smallest absolute Gasteiger partial charge is 0.138 e. The molecule has 198 valence electrons. The van der Waals surface area contributed by atoms with Gasteiger partial charge in [0.2, 0.25) is 0 Å². The lowest BCUT2D eigenvalue weighted by molar-refractivity contribution is 0.476. The molecule has 0 atom stereocenters. The minimum atomic E-state index is -0.698. The predicted molar refractivity (Wildman–Crippen MR) is 161 cm³/mol. The van der Waals surface area contributed by atoms with Gasteiger partial charge >= 0.3 is 0 Å². The van der Waals surface area contributed by atoms with Crippen LogP contribution in [0.25, 0.3) is 10.9 Å². The summed E-state index contributed by atoms with van der Waals surface area (Å²) >= 11 is 0. The fourth-order valence-corrected chi connectivity index (χ4v) is 5.58. The lowest BCUT2D eigenvalue weighted by Crippen LogP contribution is -2.38. The van der Waals surface area contributed by atoms with E-state index in [1.807, 2.05) is 24.4 Å². The lowest BCUT2D eigenvalue weighted by Gasteiger charge is -2.37. The Hall–Kier alpha value is -4.74. The maximum atomic E-state index is 13.2. The molecule has 40 heavy (non-hydrogen) atoms. The van der Waals surface area contributed by atoms with E-state index < -0.39 is 5.54 Å². The van der Waals surface area contributed by atoms with Gasteiger partial charge in [0, 0.05) is 17.6 Å². The van der Waals surface area contributed by atoms with Crippen molar-refractivity contribution in [2.45, 2.75) is 18.5 Å². The van der Waals surface area contributed by atoms with Gasteiger partial charge in [0.1, 0.15) is 11.4 Å². The van der Waals surface area contributed by atoms with Crippen molar-refractivity contribution in [1.29, 1.82) is 0 Å². The molecule has 0 aliphatic heterocycles. The quantitative estimate of drug-likeness (QED) is 0.122. The molecule has 6 rings (SSSR count). The van der Waals surface area contributed by atoms with Gasteiger partial charge in [0.05, 0.1) is 11.7 Å². The van der Waals surface area contributed by atoms with Crippen LogP contribution in [0.2, 0.25) is 0 Å². The van der Waals surface area contributed by atoms with Crippen molar-refractivity contribution in [2.75, 3.05) is 12.3 Å². The van der Waals surface area contributed by atoms with Crippen molar-refractivity contribution >= 4 is 16.6 Å². The second kappa shape index (κ2) is 11.2. The van der Waals surface area contributed by atoms with Gasteiger partial charge in [-0.1, -0.05) is 103 Å². The predicted octanol–water partition coefficient (Wildman–Crippen LogP) is 6.93. The maximum Gasteiger partial charge on any atom is 0.138 e. The zero-order chi connectivity index (χ0) is 27.4. The Morgan fingerprint density at radius 1 is 0.725 bits per heavy atom. The summed E-state index contributed by atoms with van der Waals surface area (Å²) in [6, 6.07) is 42.4. The third kappa shape index (κ3) is 4.76. The molecule has 0 saturated heterocycles.